The monoisotopic (exact) mass is 450 g/mol. The molecule has 30 heavy (non-hydrogen) atoms. The molecule has 1 amide bonds. The Morgan fingerprint density at radius 1 is 1.17 bits per heavy atom. The molecule has 11 heteroatoms. The van der Waals surface area contributed by atoms with Gasteiger partial charge in [-0.1, -0.05) is 23.2 Å². The number of nitrogens with zero attached hydrogens (tertiary/aromatic N) is 5. The number of hydrogen-bond donors (Lipinski definition) is 1. The molecule has 1 aliphatic rings. The van der Waals surface area contributed by atoms with E-state index in [9.17, 15) is 4.79 Å². The molecule has 1 aliphatic heterocycles. The average Bonchev–Trinajstić information content (AvgIpc) is 3.42. The van der Waals surface area contributed by atoms with Crippen molar-refractivity contribution >= 4 is 29.3 Å². The largest absolute Gasteiger partial charge is 0.445 e. The second-order valence-corrected chi connectivity index (χ2v) is 7.96. The topological polar surface area (TPSA) is 110 Å². The molecule has 1 fully saturated rings. The first-order valence-electron chi connectivity index (χ1n) is 9.60. The summed E-state index contributed by atoms with van der Waals surface area (Å²) in [5.74, 6) is 1.33. The summed E-state index contributed by atoms with van der Waals surface area (Å²) in [5, 5.41) is 19.7. The molecule has 1 N–H and O–H groups in total. The summed E-state index contributed by atoms with van der Waals surface area (Å²) < 4.78 is 11.2. The zero-order valence-electron chi connectivity index (χ0n) is 16.1. The van der Waals surface area contributed by atoms with Gasteiger partial charge >= 0.3 is 6.09 Å². The van der Waals surface area contributed by atoms with E-state index in [1.165, 1.54) is 0 Å². The zero-order chi connectivity index (χ0) is 20.9. The molecule has 0 unspecified atom stereocenters. The predicted octanol–water partition coefficient (Wildman–Crippen LogP) is 3.80. The third-order valence-electron chi connectivity index (χ3n) is 4.93. The molecular weight excluding hydrogens is 431 g/mol. The molecule has 158 valence electrons. The van der Waals surface area contributed by atoms with Crippen LogP contribution in [-0.2, 0) is 24.2 Å². The van der Waals surface area contributed by atoms with Crippen molar-refractivity contribution in [2.24, 2.45) is 0 Å². The van der Waals surface area contributed by atoms with Crippen molar-refractivity contribution in [1.29, 1.82) is 0 Å². The number of piperidine rings is 1. The van der Waals surface area contributed by atoms with E-state index in [0.29, 0.717) is 47.8 Å². The number of ether oxygens (including phenoxy) is 1. The molecule has 0 atom stereocenters. The first kappa shape index (κ1) is 20.6. The van der Waals surface area contributed by atoms with Gasteiger partial charge in [0.2, 0.25) is 11.8 Å². The maximum Gasteiger partial charge on any atom is 0.410 e. The highest BCUT2D eigenvalue weighted by Gasteiger charge is 2.28. The van der Waals surface area contributed by atoms with Gasteiger partial charge in [-0.15, -0.1) is 10.2 Å². The smallest absolute Gasteiger partial charge is 0.410 e. The molecule has 4 rings (SSSR count). The number of likely N-dealkylation sites (tertiary alicyclic amines) is 1. The van der Waals surface area contributed by atoms with Gasteiger partial charge in [0.25, 0.3) is 0 Å². The normalized spacial score (nSPS) is 14.8. The minimum absolute atomic E-state index is 0.123. The van der Waals surface area contributed by atoms with E-state index >= 15 is 0 Å². The summed E-state index contributed by atoms with van der Waals surface area (Å²) in [6.45, 7) is 1.25. The fourth-order valence-electron chi connectivity index (χ4n) is 3.35. The van der Waals surface area contributed by atoms with E-state index < -0.39 is 0 Å². The quantitative estimate of drug-likeness (QED) is 0.607. The number of aromatic amines is 1. The molecule has 0 aliphatic carbocycles. The van der Waals surface area contributed by atoms with Crippen molar-refractivity contribution < 1.29 is 13.9 Å². The Morgan fingerprint density at radius 3 is 2.63 bits per heavy atom. The lowest BCUT2D eigenvalue weighted by atomic mass is 9.97. The van der Waals surface area contributed by atoms with E-state index in [1.54, 1.807) is 29.3 Å². The van der Waals surface area contributed by atoms with E-state index in [1.807, 2.05) is 0 Å². The highest BCUT2D eigenvalue weighted by Crippen LogP contribution is 2.28. The number of halogens is 2. The SMILES string of the molecule is O=C(OCc1cc(Cl)cc(Cl)c1)N1CCC(c2nnc(CCc3cn[nH]n3)o2)CC1. The van der Waals surface area contributed by atoms with Gasteiger partial charge in [-0.05, 0) is 36.6 Å². The molecule has 9 nitrogen and oxygen atoms in total. The van der Waals surface area contributed by atoms with Gasteiger partial charge in [-0.3, -0.25) is 0 Å². The Balaban J connectivity index is 1.24. The summed E-state index contributed by atoms with van der Waals surface area (Å²) in [6, 6.07) is 5.09. The Morgan fingerprint density at radius 2 is 1.93 bits per heavy atom. The Hall–Kier alpha value is -2.65. The number of amides is 1. The van der Waals surface area contributed by atoms with Crippen LogP contribution < -0.4 is 0 Å². The second kappa shape index (κ2) is 9.44. The van der Waals surface area contributed by atoms with E-state index in [0.717, 1.165) is 24.1 Å². The molecule has 2 aromatic heterocycles. The van der Waals surface area contributed by atoms with Crippen LogP contribution in [0.1, 0.15) is 41.8 Å². The Labute approximate surface area is 182 Å². The van der Waals surface area contributed by atoms with Crippen molar-refractivity contribution in [3.8, 4) is 0 Å². The third kappa shape index (κ3) is 5.28. The highest BCUT2D eigenvalue weighted by atomic mass is 35.5. The van der Waals surface area contributed by atoms with Crippen LogP contribution in [0.4, 0.5) is 4.79 Å². The van der Waals surface area contributed by atoms with Crippen molar-refractivity contribution in [3.63, 3.8) is 0 Å². The van der Waals surface area contributed by atoms with Crippen LogP contribution >= 0.6 is 23.2 Å². The number of hydrogen-bond acceptors (Lipinski definition) is 7. The van der Waals surface area contributed by atoms with Crippen LogP contribution in [0, 0.1) is 0 Å². The number of benzene rings is 1. The highest BCUT2D eigenvalue weighted by molar-refractivity contribution is 6.34. The van der Waals surface area contributed by atoms with E-state index in [4.69, 9.17) is 32.4 Å². The maximum atomic E-state index is 12.4. The molecule has 0 spiro atoms. The van der Waals surface area contributed by atoms with Gasteiger partial charge in [0, 0.05) is 41.9 Å². The molecule has 1 saturated heterocycles. The van der Waals surface area contributed by atoms with Crippen LogP contribution in [0.2, 0.25) is 10.0 Å². The number of H-pyrrole nitrogens is 1. The zero-order valence-corrected chi connectivity index (χ0v) is 17.6. The summed E-state index contributed by atoms with van der Waals surface area (Å²) in [4.78, 5) is 14.0. The Kier molecular flexibility index (Phi) is 6.49. The number of aromatic nitrogens is 5. The minimum Gasteiger partial charge on any atom is -0.445 e. The van der Waals surface area contributed by atoms with Crippen LogP contribution in [-0.4, -0.2) is 49.7 Å². The van der Waals surface area contributed by atoms with Crippen molar-refractivity contribution in [1.82, 2.24) is 30.5 Å². The predicted molar refractivity (Wildman–Crippen MR) is 108 cm³/mol. The lowest BCUT2D eigenvalue weighted by Gasteiger charge is -2.29. The van der Waals surface area contributed by atoms with Crippen molar-refractivity contribution in [2.75, 3.05) is 13.1 Å². The standard InChI is InChI=1S/C19H20Cl2N6O3/c20-14-7-12(8-15(21)9-14)11-29-19(28)27-5-3-13(4-6-27)18-25-24-17(30-18)2-1-16-10-22-26-23-16/h7-10,13H,1-6,11H2,(H,22,23,26). The number of carbonyl (C=O) groups excluding carboxylic acids is 1. The van der Waals surface area contributed by atoms with Crippen LogP contribution in [0.15, 0.2) is 28.8 Å². The average molecular weight is 451 g/mol. The van der Waals surface area contributed by atoms with Gasteiger partial charge < -0.3 is 14.1 Å². The van der Waals surface area contributed by atoms with Gasteiger partial charge in [-0.25, -0.2) is 4.79 Å². The summed E-state index contributed by atoms with van der Waals surface area (Å²) >= 11 is 11.9. The Bertz CT molecular complexity index is 966. The first-order valence-corrected chi connectivity index (χ1v) is 10.4. The summed E-state index contributed by atoms with van der Waals surface area (Å²) in [7, 11) is 0. The maximum absolute atomic E-state index is 12.4. The molecule has 3 heterocycles. The fourth-order valence-corrected chi connectivity index (χ4v) is 3.92. The first-order chi connectivity index (χ1) is 14.6. The van der Waals surface area contributed by atoms with E-state index in [-0.39, 0.29) is 18.6 Å². The molecule has 1 aromatic carbocycles. The van der Waals surface area contributed by atoms with Crippen LogP contribution in [0.25, 0.3) is 0 Å². The van der Waals surface area contributed by atoms with Gasteiger partial charge in [0.05, 0.1) is 11.9 Å². The third-order valence-corrected chi connectivity index (χ3v) is 5.37. The molecule has 0 saturated carbocycles. The fraction of sp³-hybridized carbons (Fsp3) is 0.421. The van der Waals surface area contributed by atoms with Crippen LogP contribution in [0.5, 0.6) is 0 Å². The van der Waals surface area contributed by atoms with Crippen molar-refractivity contribution in [3.05, 3.63) is 57.5 Å². The number of carbonyl (C=O) groups is 1. The minimum atomic E-state index is -0.358. The molecule has 3 aromatic rings. The number of nitrogens with one attached hydrogen (secondary N) is 1. The lowest BCUT2D eigenvalue weighted by Crippen LogP contribution is -2.38. The van der Waals surface area contributed by atoms with Crippen molar-refractivity contribution in [2.45, 2.75) is 38.2 Å². The van der Waals surface area contributed by atoms with Gasteiger partial charge in [0.1, 0.15) is 6.61 Å². The van der Waals surface area contributed by atoms with Gasteiger partial charge in [-0.2, -0.15) is 15.4 Å². The summed E-state index contributed by atoms with van der Waals surface area (Å²) in [6.07, 6.45) is 4.08. The second-order valence-electron chi connectivity index (χ2n) is 7.09. The van der Waals surface area contributed by atoms with Gasteiger partial charge in [0.15, 0.2) is 0 Å². The number of aryl methyl sites for hydroxylation is 2. The van der Waals surface area contributed by atoms with Crippen LogP contribution in [0.3, 0.4) is 0 Å². The van der Waals surface area contributed by atoms with E-state index in [2.05, 4.69) is 25.6 Å². The molecule has 0 radical (unpaired) electrons. The summed E-state index contributed by atoms with van der Waals surface area (Å²) in [5.41, 5.74) is 1.60. The molecule has 0 bridgehead atoms. The number of rotatable bonds is 6. The lowest BCUT2D eigenvalue weighted by molar-refractivity contribution is 0.0855. The molecular formula is C19H20Cl2N6O3.